The van der Waals surface area contributed by atoms with Crippen LogP contribution in [-0.4, -0.2) is 78.7 Å². The zero-order valence-corrected chi connectivity index (χ0v) is 22.5. The van der Waals surface area contributed by atoms with E-state index in [0.29, 0.717) is 49.8 Å². The number of hydrogen-bond acceptors (Lipinski definition) is 7. The Morgan fingerprint density at radius 3 is 2.29 bits per heavy atom. The van der Waals surface area contributed by atoms with Gasteiger partial charge in [-0.25, -0.2) is 0 Å². The smallest absolute Gasteiger partial charge is 0.295 e. The summed E-state index contributed by atoms with van der Waals surface area (Å²) in [5.41, 5.74) is 1.31. The number of Topliss-reactive ketones (excluding diaryl/α,β-unsaturated/α-hetero) is 1. The molecule has 8 heteroatoms. The minimum atomic E-state index is -0.691. The molecule has 2 aliphatic heterocycles. The van der Waals surface area contributed by atoms with Gasteiger partial charge in [-0.15, -0.1) is 0 Å². The lowest BCUT2D eigenvalue weighted by molar-refractivity contribution is -0.140. The number of likely N-dealkylation sites (tertiary alicyclic amines) is 1. The normalized spacial score (nSPS) is 19.8. The number of aliphatic hydroxyl groups excluding tert-OH is 1. The van der Waals surface area contributed by atoms with E-state index in [9.17, 15) is 14.7 Å². The number of amides is 1. The molecule has 0 aromatic heterocycles. The van der Waals surface area contributed by atoms with E-state index in [1.54, 1.807) is 29.2 Å². The summed E-state index contributed by atoms with van der Waals surface area (Å²) in [5.74, 6) is -0.0647. The second kappa shape index (κ2) is 12.9. The molecule has 0 spiro atoms. The van der Waals surface area contributed by atoms with Crippen LogP contribution in [0.1, 0.15) is 50.8 Å². The van der Waals surface area contributed by atoms with E-state index in [1.807, 2.05) is 45.0 Å². The van der Waals surface area contributed by atoms with Crippen LogP contribution in [0, 0.1) is 0 Å². The van der Waals surface area contributed by atoms with E-state index in [0.717, 1.165) is 31.6 Å². The Kier molecular flexibility index (Phi) is 9.42. The first-order valence-electron chi connectivity index (χ1n) is 13.5. The van der Waals surface area contributed by atoms with E-state index < -0.39 is 17.7 Å². The summed E-state index contributed by atoms with van der Waals surface area (Å²) in [7, 11) is 0. The number of aliphatic hydroxyl groups is 1. The lowest BCUT2D eigenvalue weighted by Gasteiger charge is -2.29. The largest absolute Gasteiger partial charge is 0.507 e. The second-order valence-electron chi connectivity index (χ2n) is 9.91. The number of carbonyl (C=O) groups is 2. The van der Waals surface area contributed by atoms with Crippen LogP contribution in [0.25, 0.3) is 5.76 Å². The van der Waals surface area contributed by atoms with Gasteiger partial charge in [-0.3, -0.25) is 14.5 Å². The maximum atomic E-state index is 13.3. The lowest BCUT2D eigenvalue weighted by Crippen LogP contribution is -2.38. The molecule has 2 aromatic carbocycles. The first-order chi connectivity index (χ1) is 18.4. The molecule has 204 valence electrons. The molecule has 2 saturated heterocycles. The van der Waals surface area contributed by atoms with Crippen molar-refractivity contribution >= 4 is 17.4 Å². The molecule has 2 heterocycles. The van der Waals surface area contributed by atoms with Gasteiger partial charge in [0.2, 0.25) is 0 Å². The Morgan fingerprint density at radius 2 is 1.66 bits per heavy atom. The van der Waals surface area contributed by atoms with Crippen LogP contribution in [0.3, 0.4) is 0 Å². The molecule has 0 unspecified atom stereocenters. The third kappa shape index (κ3) is 6.55. The van der Waals surface area contributed by atoms with Gasteiger partial charge < -0.3 is 24.2 Å². The molecule has 2 fully saturated rings. The van der Waals surface area contributed by atoms with Crippen LogP contribution < -0.4 is 9.47 Å². The van der Waals surface area contributed by atoms with Crippen molar-refractivity contribution < 1.29 is 28.9 Å². The van der Waals surface area contributed by atoms with E-state index in [1.165, 1.54) is 0 Å². The fourth-order valence-corrected chi connectivity index (χ4v) is 4.83. The van der Waals surface area contributed by atoms with E-state index >= 15 is 0 Å². The Balaban J connectivity index is 1.64. The van der Waals surface area contributed by atoms with Crippen molar-refractivity contribution in [3.05, 3.63) is 65.2 Å². The summed E-state index contributed by atoms with van der Waals surface area (Å²) >= 11 is 0. The number of ketones is 1. The third-order valence-electron chi connectivity index (χ3n) is 6.69. The number of carbonyl (C=O) groups excluding carboxylic acids is 2. The maximum absolute atomic E-state index is 13.3. The van der Waals surface area contributed by atoms with Crippen molar-refractivity contribution in [2.24, 2.45) is 0 Å². The van der Waals surface area contributed by atoms with Crippen LogP contribution in [0.15, 0.2) is 54.1 Å². The van der Waals surface area contributed by atoms with Crippen molar-refractivity contribution in [1.82, 2.24) is 9.80 Å². The fraction of sp³-hybridized carbons (Fsp3) is 0.467. The Morgan fingerprint density at radius 1 is 1.00 bits per heavy atom. The maximum Gasteiger partial charge on any atom is 0.295 e. The number of ether oxygens (including phenoxy) is 3. The van der Waals surface area contributed by atoms with Crippen LogP contribution in [-0.2, 0) is 14.3 Å². The molecule has 38 heavy (non-hydrogen) atoms. The molecule has 1 atom stereocenters. The molecular formula is C30H38N2O6. The van der Waals surface area contributed by atoms with Crippen molar-refractivity contribution in [2.45, 2.75) is 45.8 Å². The van der Waals surface area contributed by atoms with E-state index in [2.05, 4.69) is 4.90 Å². The molecule has 0 bridgehead atoms. The molecule has 0 radical (unpaired) electrons. The molecule has 1 N–H and O–H groups in total. The summed E-state index contributed by atoms with van der Waals surface area (Å²) in [6, 6.07) is 13.6. The summed E-state index contributed by atoms with van der Waals surface area (Å²) < 4.78 is 16.8. The zero-order chi connectivity index (χ0) is 27.1. The Hall–Kier alpha value is -3.36. The molecule has 2 aromatic rings. The quantitative estimate of drug-likeness (QED) is 0.266. The molecule has 2 aliphatic rings. The van der Waals surface area contributed by atoms with Gasteiger partial charge in [-0.1, -0.05) is 19.1 Å². The predicted molar refractivity (Wildman–Crippen MR) is 145 cm³/mol. The highest BCUT2D eigenvalue weighted by Crippen LogP contribution is 2.40. The van der Waals surface area contributed by atoms with Crippen molar-refractivity contribution in [3.8, 4) is 11.5 Å². The SMILES string of the molecule is CCCOc1ccc(/C(O)=C2\C(=O)C(=O)N(CCCN3CCOCC3)[C@H]2c2ccc(OC(C)C)cc2)cc1. The van der Waals surface area contributed by atoms with Crippen LogP contribution in [0.2, 0.25) is 0 Å². The molecular weight excluding hydrogens is 484 g/mol. The average Bonchev–Trinajstić information content (AvgIpc) is 3.17. The third-order valence-corrected chi connectivity index (χ3v) is 6.69. The summed E-state index contributed by atoms with van der Waals surface area (Å²) in [4.78, 5) is 30.5. The van der Waals surface area contributed by atoms with Crippen LogP contribution in [0.5, 0.6) is 11.5 Å². The summed E-state index contributed by atoms with van der Waals surface area (Å²) in [6.07, 6.45) is 1.62. The van der Waals surface area contributed by atoms with Gasteiger partial charge in [0.05, 0.1) is 37.5 Å². The number of rotatable bonds is 11. The van der Waals surface area contributed by atoms with Gasteiger partial charge >= 0.3 is 0 Å². The Bertz CT molecular complexity index is 1120. The van der Waals surface area contributed by atoms with Crippen molar-refractivity contribution in [3.63, 3.8) is 0 Å². The first-order valence-corrected chi connectivity index (χ1v) is 13.5. The summed E-state index contributed by atoms with van der Waals surface area (Å²) in [6.45, 7) is 10.9. The standard InChI is InChI=1S/C30H38N2O6/c1-4-18-37-24-10-8-23(9-11-24)28(33)26-27(22-6-12-25(13-7-22)38-21(2)3)32(30(35)29(26)34)15-5-14-31-16-19-36-20-17-31/h6-13,21,27,33H,4-5,14-20H2,1-3H3/b28-26+/t27-/m0/s1. The van der Waals surface area contributed by atoms with Crippen LogP contribution in [0.4, 0.5) is 0 Å². The highest BCUT2D eigenvalue weighted by molar-refractivity contribution is 6.46. The second-order valence-corrected chi connectivity index (χ2v) is 9.91. The lowest BCUT2D eigenvalue weighted by atomic mass is 9.95. The minimum Gasteiger partial charge on any atom is -0.507 e. The number of nitrogens with zero attached hydrogens (tertiary/aromatic N) is 2. The highest BCUT2D eigenvalue weighted by Gasteiger charge is 2.45. The number of morpholine rings is 1. The highest BCUT2D eigenvalue weighted by atomic mass is 16.5. The zero-order valence-electron chi connectivity index (χ0n) is 22.5. The average molecular weight is 523 g/mol. The van der Waals surface area contributed by atoms with Crippen molar-refractivity contribution in [2.75, 3.05) is 46.0 Å². The van der Waals surface area contributed by atoms with Gasteiger partial charge in [0.1, 0.15) is 17.3 Å². The molecule has 1 amide bonds. The monoisotopic (exact) mass is 522 g/mol. The fourth-order valence-electron chi connectivity index (χ4n) is 4.83. The Labute approximate surface area is 224 Å². The predicted octanol–water partition coefficient (Wildman–Crippen LogP) is 4.41. The van der Waals surface area contributed by atoms with Gasteiger partial charge in [0, 0.05) is 31.7 Å². The molecule has 4 rings (SSSR count). The number of hydrogen-bond donors (Lipinski definition) is 1. The molecule has 8 nitrogen and oxygen atoms in total. The van der Waals surface area contributed by atoms with Gasteiger partial charge in [0.25, 0.3) is 11.7 Å². The van der Waals surface area contributed by atoms with E-state index in [4.69, 9.17) is 14.2 Å². The van der Waals surface area contributed by atoms with Crippen molar-refractivity contribution in [1.29, 1.82) is 0 Å². The van der Waals surface area contributed by atoms with Gasteiger partial charge in [0.15, 0.2) is 0 Å². The van der Waals surface area contributed by atoms with Gasteiger partial charge in [-0.2, -0.15) is 0 Å². The minimum absolute atomic E-state index is 0.0240. The number of benzene rings is 2. The van der Waals surface area contributed by atoms with E-state index in [-0.39, 0.29) is 17.4 Å². The van der Waals surface area contributed by atoms with Gasteiger partial charge in [-0.05, 0) is 68.7 Å². The van der Waals surface area contributed by atoms with Crippen LogP contribution >= 0.6 is 0 Å². The topological polar surface area (TPSA) is 88.5 Å². The molecule has 0 aliphatic carbocycles. The first kappa shape index (κ1) is 27.7. The molecule has 0 saturated carbocycles. The summed E-state index contributed by atoms with van der Waals surface area (Å²) in [5, 5.41) is 11.3.